The highest BCUT2D eigenvalue weighted by Crippen LogP contribution is 2.47. The molecule has 0 atom stereocenters. The minimum Gasteiger partial charge on any atom is -0.496 e. The van der Waals surface area contributed by atoms with E-state index in [1.165, 1.54) is 30.4 Å². The molecule has 0 bridgehead atoms. The summed E-state index contributed by atoms with van der Waals surface area (Å²) in [5, 5.41) is 0. The fourth-order valence-electron chi connectivity index (χ4n) is 3.79. The van der Waals surface area contributed by atoms with Gasteiger partial charge in [0.15, 0.2) is 0 Å². The molecule has 2 nitrogen and oxygen atoms in total. The molecule has 0 amide bonds. The average Bonchev–Trinajstić information content (AvgIpc) is 2.44. The Morgan fingerprint density at radius 2 is 1.89 bits per heavy atom. The predicted octanol–water partition coefficient (Wildman–Crippen LogP) is 3.41. The van der Waals surface area contributed by atoms with Gasteiger partial charge < -0.3 is 4.74 Å². The molecule has 0 unspecified atom stereocenters. The monoisotopic (exact) mass is 244 g/mol. The Bertz CT molecular complexity index is 470. The second-order valence-corrected chi connectivity index (χ2v) is 5.55. The summed E-state index contributed by atoms with van der Waals surface area (Å²) in [6.07, 6.45) is 7.24. The number of ether oxygens (including phenoxy) is 1. The fraction of sp³-hybridized carbons (Fsp3) is 0.562. The van der Waals surface area contributed by atoms with Crippen molar-refractivity contribution in [2.24, 2.45) is 0 Å². The average molecular weight is 244 g/mol. The Balaban J connectivity index is 2.14. The van der Waals surface area contributed by atoms with Crippen LogP contribution in [0, 0.1) is 0 Å². The van der Waals surface area contributed by atoms with Gasteiger partial charge in [-0.25, -0.2) is 0 Å². The fourth-order valence-corrected chi connectivity index (χ4v) is 3.79. The molecular formula is C16H20O2. The normalized spacial score (nSPS) is 21.7. The van der Waals surface area contributed by atoms with Gasteiger partial charge >= 0.3 is 0 Å². The molecule has 0 heterocycles. The van der Waals surface area contributed by atoms with Crippen LogP contribution in [0.1, 0.15) is 49.7 Å². The van der Waals surface area contributed by atoms with Crippen LogP contribution >= 0.6 is 0 Å². The maximum absolute atomic E-state index is 12.5. The van der Waals surface area contributed by atoms with Crippen LogP contribution in [0.2, 0.25) is 0 Å². The zero-order chi connectivity index (χ0) is 12.6. The molecule has 1 spiro atoms. The number of hydrogen-bond acceptors (Lipinski definition) is 2. The molecule has 0 aromatic heterocycles. The molecule has 2 aliphatic carbocycles. The van der Waals surface area contributed by atoms with Gasteiger partial charge in [0.2, 0.25) is 0 Å². The van der Waals surface area contributed by atoms with Gasteiger partial charge in [-0.05, 0) is 36.5 Å². The lowest BCUT2D eigenvalue weighted by Crippen LogP contribution is -2.41. The summed E-state index contributed by atoms with van der Waals surface area (Å²) in [6.45, 7) is 0. The zero-order valence-corrected chi connectivity index (χ0v) is 11.0. The quantitative estimate of drug-likeness (QED) is 0.756. The smallest absolute Gasteiger partial charge is 0.143 e. The Morgan fingerprint density at radius 1 is 1.11 bits per heavy atom. The van der Waals surface area contributed by atoms with E-state index in [0.717, 1.165) is 25.0 Å². The van der Waals surface area contributed by atoms with Crippen molar-refractivity contribution in [3.63, 3.8) is 0 Å². The highest BCUT2D eigenvalue weighted by atomic mass is 16.5. The summed E-state index contributed by atoms with van der Waals surface area (Å²) in [6, 6.07) is 6.21. The first-order valence-corrected chi connectivity index (χ1v) is 6.97. The highest BCUT2D eigenvalue weighted by molar-refractivity contribution is 5.92. The number of ketones is 1. The molecule has 0 radical (unpaired) electrons. The van der Waals surface area contributed by atoms with Crippen LogP contribution in [0.5, 0.6) is 5.75 Å². The van der Waals surface area contributed by atoms with Gasteiger partial charge in [0.05, 0.1) is 12.5 Å². The summed E-state index contributed by atoms with van der Waals surface area (Å²) in [4.78, 5) is 12.5. The largest absolute Gasteiger partial charge is 0.496 e. The third-order valence-corrected chi connectivity index (χ3v) is 4.71. The van der Waals surface area contributed by atoms with E-state index < -0.39 is 0 Å². The SMILES string of the molecule is COc1cccc2c1CCC(=O)C21CCCCC1. The summed E-state index contributed by atoms with van der Waals surface area (Å²) in [5.41, 5.74) is 2.36. The van der Waals surface area contributed by atoms with Gasteiger partial charge in [0, 0.05) is 6.42 Å². The molecule has 0 N–H and O–H groups in total. The molecule has 3 rings (SSSR count). The molecule has 1 saturated carbocycles. The Kier molecular flexibility index (Phi) is 2.89. The first-order chi connectivity index (χ1) is 8.78. The molecule has 96 valence electrons. The summed E-state index contributed by atoms with van der Waals surface area (Å²) >= 11 is 0. The number of fused-ring (bicyclic) bond motifs is 2. The zero-order valence-electron chi connectivity index (χ0n) is 11.0. The van der Waals surface area contributed by atoms with Crippen LogP contribution < -0.4 is 4.74 Å². The number of benzene rings is 1. The predicted molar refractivity (Wildman–Crippen MR) is 71.1 cm³/mol. The van der Waals surface area contributed by atoms with Crippen molar-refractivity contribution in [2.45, 2.75) is 50.4 Å². The summed E-state index contributed by atoms with van der Waals surface area (Å²) in [5.74, 6) is 1.42. The number of hydrogen-bond donors (Lipinski definition) is 0. The Morgan fingerprint density at radius 3 is 2.61 bits per heavy atom. The van der Waals surface area contributed by atoms with Gasteiger partial charge in [-0.3, -0.25) is 4.79 Å². The van der Waals surface area contributed by atoms with Crippen LogP contribution in [-0.4, -0.2) is 12.9 Å². The van der Waals surface area contributed by atoms with Crippen molar-refractivity contribution < 1.29 is 9.53 Å². The molecular weight excluding hydrogens is 224 g/mol. The number of Topliss-reactive ketones (excluding diaryl/α,β-unsaturated/α-hetero) is 1. The molecule has 2 heteroatoms. The molecule has 1 fully saturated rings. The first kappa shape index (κ1) is 11.8. The minimum atomic E-state index is -0.180. The van der Waals surface area contributed by atoms with E-state index in [-0.39, 0.29) is 5.41 Å². The molecule has 1 aromatic carbocycles. The molecule has 18 heavy (non-hydrogen) atoms. The van der Waals surface area contributed by atoms with E-state index in [9.17, 15) is 4.79 Å². The van der Waals surface area contributed by atoms with Gasteiger partial charge in [-0.2, -0.15) is 0 Å². The molecule has 0 saturated heterocycles. The molecule has 1 aromatic rings. The van der Waals surface area contributed by atoms with E-state index in [4.69, 9.17) is 4.74 Å². The molecule has 0 aliphatic heterocycles. The second kappa shape index (κ2) is 4.42. The van der Waals surface area contributed by atoms with Crippen molar-refractivity contribution >= 4 is 5.78 Å². The summed E-state index contributed by atoms with van der Waals surface area (Å²) < 4.78 is 5.47. The van der Waals surface area contributed by atoms with Gasteiger partial charge in [0.25, 0.3) is 0 Å². The second-order valence-electron chi connectivity index (χ2n) is 5.55. The third-order valence-electron chi connectivity index (χ3n) is 4.71. The standard InChI is InChI=1S/C16H20O2/c1-18-14-7-5-6-13-12(14)8-9-15(17)16(13)10-3-2-4-11-16/h5-7H,2-4,8-11H2,1H3. The van der Waals surface area contributed by atoms with E-state index in [0.29, 0.717) is 12.2 Å². The minimum absolute atomic E-state index is 0.180. The number of rotatable bonds is 1. The first-order valence-electron chi connectivity index (χ1n) is 6.97. The maximum Gasteiger partial charge on any atom is 0.143 e. The molecule has 2 aliphatic rings. The van der Waals surface area contributed by atoms with Crippen molar-refractivity contribution in [1.29, 1.82) is 0 Å². The lowest BCUT2D eigenvalue weighted by atomic mass is 9.62. The lowest BCUT2D eigenvalue weighted by molar-refractivity contribution is -0.126. The summed E-state index contributed by atoms with van der Waals surface area (Å²) in [7, 11) is 1.72. The topological polar surface area (TPSA) is 26.3 Å². The lowest BCUT2D eigenvalue weighted by Gasteiger charge is -2.41. The van der Waals surface area contributed by atoms with Gasteiger partial charge in [0.1, 0.15) is 11.5 Å². The van der Waals surface area contributed by atoms with Crippen molar-refractivity contribution in [2.75, 3.05) is 7.11 Å². The van der Waals surface area contributed by atoms with E-state index in [1.807, 2.05) is 12.1 Å². The number of methoxy groups -OCH3 is 1. The number of carbonyl (C=O) groups is 1. The Hall–Kier alpha value is -1.31. The van der Waals surface area contributed by atoms with E-state index in [1.54, 1.807) is 7.11 Å². The van der Waals surface area contributed by atoms with Crippen molar-refractivity contribution in [3.05, 3.63) is 29.3 Å². The van der Waals surface area contributed by atoms with Crippen LogP contribution in [-0.2, 0) is 16.6 Å². The van der Waals surface area contributed by atoms with Crippen LogP contribution in [0.15, 0.2) is 18.2 Å². The van der Waals surface area contributed by atoms with E-state index in [2.05, 4.69) is 6.07 Å². The van der Waals surface area contributed by atoms with Crippen LogP contribution in [0.25, 0.3) is 0 Å². The highest BCUT2D eigenvalue weighted by Gasteiger charge is 2.44. The van der Waals surface area contributed by atoms with E-state index >= 15 is 0 Å². The maximum atomic E-state index is 12.5. The van der Waals surface area contributed by atoms with Crippen molar-refractivity contribution in [3.8, 4) is 5.75 Å². The van der Waals surface area contributed by atoms with Crippen LogP contribution in [0.3, 0.4) is 0 Å². The van der Waals surface area contributed by atoms with Crippen LogP contribution in [0.4, 0.5) is 0 Å². The van der Waals surface area contributed by atoms with Crippen molar-refractivity contribution in [1.82, 2.24) is 0 Å². The van der Waals surface area contributed by atoms with Gasteiger partial charge in [-0.1, -0.05) is 31.4 Å². The number of carbonyl (C=O) groups excluding carboxylic acids is 1. The van der Waals surface area contributed by atoms with Gasteiger partial charge in [-0.15, -0.1) is 0 Å². The third kappa shape index (κ3) is 1.58. The Labute approximate surface area is 108 Å².